The highest BCUT2D eigenvalue weighted by Crippen LogP contribution is 2.49. The number of hydrazine groups is 1. The molecular formula is C37H66N4O9. The molecule has 0 aromatic heterocycles. The normalized spacial score (nSPS) is 45.2. The average molecular weight is 711 g/mol. The molecule has 0 radical (unpaired) electrons. The third-order valence-corrected chi connectivity index (χ3v) is 12.9. The first-order valence-electron chi connectivity index (χ1n) is 18.4. The minimum atomic E-state index is -1.18. The summed E-state index contributed by atoms with van der Waals surface area (Å²) < 4.78 is 38.3. The Kier molecular flexibility index (Phi) is 12.2. The highest BCUT2D eigenvalue weighted by atomic mass is 16.7. The van der Waals surface area contributed by atoms with Crippen molar-refractivity contribution in [1.82, 2.24) is 19.8 Å². The summed E-state index contributed by atoms with van der Waals surface area (Å²) in [7, 11) is 11.3. The molecule has 4 fully saturated rings. The van der Waals surface area contributed by atoms with Crippen LogP contribution in [0.1, 0.15) is 88.5 Å². The van der Waals surface area contributed by atoms with Crippen LogP contribution < -0.4 is 0 Å². The molecule has 0 spiro atoms. The molecule has 11 unspecified atom stereocenters. The number of fused-ring (bicyclic) bond motifs is 1. The molecule has 14 atom stereocenters. The topological polar surface area (TPSA) is 120 Å². The lowest BCUT2D eigenvalue weighted by Gasteiger charge is -2.50. The van der Waals surface area contributed by atoms with E-state index in [0.29, 0.717) is 12.8 Å². The van der Waals surface area contributed by atoms with Crippen molar-refractivity contribution in [2.75, 3.05) is 42.4 Å². The Morgan fingerprint density at radius 2 is 1.60 bits per heavy atom. The van der Waals surface area contributed by atoms with Gasteiger partial charge in [-0.2, -0.15) is 5.01 Å². The van der Waals surface area contributed by atoms with E-state index in [1.165, 1.54) is 0 Å². The fourth-order valence-electron chi connectivity index (χ4n) is 9.68. The van der Waals surface area contributed by atoms with E-state index in [9.17, 15) is 14.4 Å². The predicted molar refractivity (Wildman–Crippen MR) is 188 cm³/mol. The van der Waals surface area contributed by atoms with Crippen molar-refractivity contribution in [3.63, 3.8) is 0 Å². The molecule has 4 aliphatic heterocycles. The summed E-state index contributed by atoms with van der Waals surface area (Å²) in [4.78, 5) is 46.6. The Hall–Kier alpha value is -1.87. The average Bonchev–Trinajstić information content (AvgIpc) is 3.30. The number of ketones is 1. The molecule has 2 bridgehead atoms. The minimum absolute atomic E-state index is 0.0131. The third-order valence-electron chi connectivity index (χ3n) is 12.9. The first-order chi connectivity index (χ1) is 23.1. The number of carbonyl (C=O) groups is 3. The predicted octanol–water partition coefficient (Wildman–Crippen LogP) is 4.17. The van der Waals surface area contributed by atoms with E-state index in [-0.39, 0.29) is 35.8 Å². The van der Waals surface area contributed by atoms with Crippen LogP contribution in [0.25, 0.3) is 0 Å². The van der Waals surface area contributed by atoms with E-state index in [1.807, 2.05) is 53.8 Å². The zero-order valence-corrected chi connectivity index (χ0v) is 33.5. The van der Waals surface area contributed by atoms with Crippen molar-refractivity contribution in [2.24, 2.45) is 23.7 Å². The van der Waals surface area contributed by atoms with E-state index in [0.717, 1.165) is 6.42 Å². The second-order valence-electron chi connectivity index (χ2n) is 16.6. The van der Waals surface area contributed by atoms with Gasteiger partial charge in [-0.25, -0.2) is 9.80 Å². The molecule has 13 heteroatoms. The SMILES string of the molecule is CC[C@H]1OC(=O)C(C)C(=O)C(C)C(OC2OC(C)CC(N(C)C)C2OC)C(C)(OC)CC(C)C2[C@H](C)[C@H]3N(C(=O)OC13C)N(C)C(C)(C)N2C. The van der Waals surface area contributed by atoms with Crippen molar-refractivity contribution >= 4 is 17.8 Å². The van der Waals surface area contributed by atoms with E-state index in [4.69, 9.17) is 28.4 Å². The van der Waals surface area contributed by atoms with E-state index >= 15 is 0 Å². The highest BCUT2D eigenvalue weighted by molar-refractivity contribution is 6.00. The van der Waals surface area contributed by atoms with Crippen LogP contribution in [0.15, 0.2) is 0 Å². The number of likely N-dealkylation sites (N-methyl/N-ethyl adjacent to an activating group) is 1. The van der Waals surface area contributed by atoms with Gasteiger partial charge in [0, 0.05) is 39.3 Å². The van der Waals surface area contributed by atoms with Crippen LogP contribution in [-0.4, -0.2) is 146 Å². The van der Waals surface area contributed by atoms with Crippen molar-refractivity contribution in [1.29, 1.82) is 0 Å². The molecule has 0 saturated carbocycles. The Morgan fingerprint density at radius 3 is 2.14 bits per heavy atom. The van der Waals surface area contributed by atoms with Gasteiger partial charge in [0.15, 0.2) is 17.7 Å². The van der Waals surface area contributed by atoms with Gasteiger partial charge in [-0.3, -0.25) is 14.5 Å². The number of amides is 1. The van der Waals surface area contributed by atoms with Gasteiger partial charge in [-0.1, -0.05) is 27.7 Å². The Labute approximate surface area is 300 Å². The van der Waals surface area contributed by atoms with Gasteiger partial charge in [0.2, 0.25) is 0 Å². The second kappa shape index (κ2) is 14.9. The van der Waals surface area contributed by atoms with Gasteiger partial charge in [-0.05, 0) is 93.8 Å². The van der Waals surface area contributed by atoms with E-state index < -0.39 is 71.4 Å². The number of cyclic esters (lactones) is 1. The summed E-state index contributed by atoms with van der Waals surface area (Å²) in [6.45, 7) is 19.7. The lowest BCUT2D eigenvalue weighted by atomic mass is 9.71. The van der Waals surface area contributed by atoms with Gasteiger partial charge in [-0.15, -0.1) is 0 Å². The van der Waals surface area contributed by atoms with Crippen molar-refractivity contribution < 1.29 is 42.8 Å². The van der Waals surface area contributed by atoms with Gasteiger partial charge >= 0.3 is 12.1 Å². The first kappa shape index (κ1) is 40.9. The van der Waals surface area contributed by atoms with Crippen molar-refractivity contribution in [3.05, 3.63) is 0 Å². The molecule has 50 heavy (non-hydrogen) atoms. The number of esters is 1. The van der Waals surface area contributed by atoms with Gasteiger partial charge in [0.25, 0.3) is 0 Å². The number of hydrogen-bond acceptors (Lipinski definition) is 12. The number of ether oxygens (including phenoxy) is 6. The molecule has 4 saturated heterocycles. The molecule has 288 valence electrons. The maximum absolute atomic E-state index is 14.4. The number of Topliss-reactive ketones (excluding diaryl/α,β-unsaturated/α-hetero) is 1. The third kappa shape index (κ3) is 6.85. The van der Waals surface area contributed by atoms with Crippen LogP contribution in [0.3, 0.4) is 0 Å². The highest BCUT2D eigenvalue weighted by Gasteiger charge is 2.65. The van der Waals surface area contributed by atoms with Gasteiger partial charge in [0.05, 0.1) is 29.5 Å². The molecule has 0 N–H and O–H groups in total. The molecule has 4 aliphatic rings. The molecule has 1 amide bonds. The lowest BCUT2D eigenvalue weighted by molar-refractivity contribution is -0.299. The van der Waals surface area contributed by atoms with Crippen LogP contribution in [0, 0.1) is 23.7 Å². The summed E-state index contributed by atoms with van der Waals surface area (Å²) in [6.07, 6.45) is -1.81. The van der Waals surface area contributed by atoms with Crippen LogP contribution in [0.2, 0.25) is 0 Å². The number of methoxy groups -OCH3 is 2. The molecule has 4 heterocycles. The van der Waals surface area contributed by atoms with Crippen LogP contribution in [-0.2, 0) is 38.0 Å². The molecule has 0 aromatic carbocycles. The maximum atomic E-state index is 14.4. The molecule has 13 nitrogen and oxygen atoms in total. The minimum Gasteiger partial charge on any atom is -0.458 e. The fraction of sp³-hybridized carbons (Fsp3) is 0.919. The van der Waals surface area contributed by atoms with Gasteiger partial charge in [0.1, 0.15) is 18.1 Å². The fourth-order valence-corrected chi connectivity index (χ4v) is 9.68. The summed E-state index contributed by atoms with van der Waals surface area (Å²) in [5.41, 5.74) is -2.82. The molecule has 0 aliphatic carbocycles. The standard InChI is InChI=1S/C37H66N4O9/c1-17-26-37(10)30-22(4)27(39(13)35(7,8)40(14)41(30)34(44)50-37)20(2)19-36(9,46-16)31(23(5)28(42)24(6)32(43)48-26)49-33-29(45-15)25(38(11)12)18-21(3)47-33/h20-27,29-31,33H,17-19H2,1-16H3/t20?,21?,22-,23?,24?,25?,26+,27?,29?,30+,31?,33?,36?,37?/m0/s1. The van der Waals surface area contributed by atoms with Gasteiger partial charge < -0.3 is 33.3 Å². The molecule has 0 aromatic rings. The summed E-state index contributed by atoms with van der Waals surface area (Å²) >= 11 is 0. The Balaban J connectivity index is 1.90. The molecular weight excluding hydrogens is 644 g/mol. The monoisotopic (exact) mass is 710 g/mol. The summed E-state index contributed by atoms with van der Waals surface area (Å²) in [5.74, 6) is -3.09. The lowest BCUT2D eigenvalue weighted by Crippen LogP contribution is -2.62. The maximum Gasteiger partial charge on any atom is 0.425 e. The first-order valence-corrected chi connectivity index (χ1v) is 18.4. The number of rotatable bonds is 6. The van der Waals surface area contributed by atoms with Crippen molar-refractivity contribution in [3.8, 4) is 0 Å². The van der Waals surface area contributed by atoms with E-state index in [2.05, 4.69) is 44.5 Å². The Morgan fingerprint density at radius 1 is 0.980 bits per heavy atom. The quantitative estimate of drug-likeness (QED) is 0.291. The second-order valence-corrected chi connectivity index (χ2v) is 16.6. The summed E-state index contributed by atoms with van der Waals surface area (Å²) in [5, 5.41) is 3.66. The van der Waals surface area contributed by atoms with Crippen molar-refractivity contribution in [2.45, 2.75) is 154 Å². The Bertz CT molecular complexity index is 1250. The van der Waals surface area contributed by atoms with Crippen LogP contribution >= 0.6 is 0 Å². The van der Waals surface area contributed by atoms with E-state index in [1.54, 1.807) is 33.1 Å². The smallest absolute Gasteiger partial charge is 0.425 e. The largest absolute Gasteiger partial charge is 0.458 e. The molecule has 4 rings (SSSR count). The van der Waals surface area contributed by atoms with Crippen LogP contribution in [0.5, 0.6) is 0 Å². The zero-order valence-electron chi connectivity index (χ0n) is 33.5. The summed E-state index contributed by atoms with van der Waals surface area (Å²) in [6, 6.07) is -0.576. The number of nitrogens with zero attached hydrogens (tertiary/aromatic N) is 4. The zero-order chi connectivity index (χ0) is 37.8. The number of carbonyl (C=O) groups excluding carboxylic acids is 3. The van der Waals surface area contributed by atoms with Crippen LogP contribution in [0.4, 0.5) is 4.79 Å². The number of hydrogen-bond donors (Lipinski definition) is 0.